The molecule has 0 atom stereocenters. The number of para-hydroxylation sites is 6. The number of pyridine rings is 2. The molecule has 15 aromatic rings. The monoisotopic (exact) mass is 1120 g/mol. The van der Waals surface area contributed by atoms with Crippen LogP contribution in [0.5, 0.6) is 11.5 Å². The molecule has 15 rings (SSSR count). The second kappa shape index (κ2) is 16.8. The van der Waals surface area contributed by atoms with E-state index in [1.807, 2.05) is 71.3 Å². The van der Waals surface area contributed by atoms with E-state index in [0.29, 0.717) is 28.4 Å². The molecule has 0 aliphatic carbocycles. The molecule has 0 N–H and O–H groups in total. The van der Waals surface area contributed by atoms with Crippen LogP contribution in [0, 0.1) is 19.0 Å². The zero-order valence-corrected chi connectivity index (χ0v) is 41.0. The molecule has 0 saturated heterocycles. The van der Waals surface area contributed by atoms with Gasteiger partial charge in [-0.25, -0.2) is 9.97 Å². The Morgan fingerprint density at radius 2 is 0.904 bits per heavy atom. The number of ether oxygens (including phenoxy) is 1. The average Bonchev–Trinajstić information content (AvgIpc) is 4.24. The molecule has 0 aliphatic heterocycles. The molecule has 0 fully saturated rings. The minimum Gasteiger partial charge on any atom is -0.509 e. The summed E-state index contributed by atoms with van der Waals surface area (Å²) in [5.74, 6) is 1.40. The minimum atomic E-state index is -2.58. The fourth-order valence-electron chi connectivity index (χ4n) is 11.3. The Bertz CT molecular complexity index is 4540. The van der Waals surface area contributed by atoms with Crippen molar-refractivity contribution in [2.24, 2.45) is 0 Å². The fourth-order valence-corrected chi connectivity index (χ4v) is 11.3. The first-order chi connectivity index (χ1) is 36.9. The summed E-state index contributed by atoms with van der Waals surface area (Å²) in [5.41, 5.74) is 11.2. The molecule has 7 nitrogen and oxygen atoms in total. The maximum Gasteiger partial charge on any atom is 2.00 e. The summed E-state index contributed by atoms with van der Waals surface area (Å²) >= 11 is 0. The summed E-state index contributed by atoms with van der Waals surface area (Å²) in [6, 6.07) is 78.9. The Hall–Kier alpha value is -9.03. The van der Waals surface area contributed by atoms with E-state index in [0.717, 1.165) is 104 Å². The molecule has 9 aromatic carbocycles. The molecule has 0 bridgehead atoms. The van der Waals surface area contributed by atoms with Gasteiger partial charge >= 0.3 is 21.1 Å². The van der Waals surface area contributed by atoms with Gasteiger partial charge in [0.25, 0.3) is 0 Å². The fraction of sp³-hybridized carbons (Fsp3) is 0.0154. The number of fused-ring (bicyclic) bond motifs is 12. The third-order valence-electron chi connectivity index (χ3n) is 14.3. The van der Waals surface area contributed by atoms with Crippen LogP contribution in [0.3, 0.4) is 0 Å². The zero-order chi connectivity index (χ0) is 49.9. The van der Waals surface area contributed by atoms with Crippen LogP contribution in [0.4, 0.5) is 0 Å². The molecule has 0 amide bonds. The molecule has 8 heteroatoms. The van der Waals surface area contributed by atoms with Gasteiger partial charge in [-0.05, 0) is 84.5 Å². The van der Waals surface area contributed by atoms with Crippen LogP contribution in [-0.2, 0) is 21.1 Å². The van der Waals surface area contributed by atoms with Crippen molar-refractivity contribution in [3.8, 4) is 45.5 Å². The number of aryl methyl sites for hydroxylation is 1. The van der Waals surface area contributed by atoms with Crippen molar-refractivity contribution >= 4 is 87.4 Å². The molecule has 0 saturated carbocycles. The summed E-state index contributed by atoms with van der Waals surface area (Å²) in [5, 5.41) is 8.44. The summed E-state index contributed by atoms with van der Waals surface area (Å²) in [7, 11) is 0. The molecule has 0 aliphatic rings. The number of hydrogen-bond acceptors (Lipinski definition) is 3. The standard InChI is InChI=1S/C65H40N6O.Pt/c1-41-37-63(71-59-31-13-6-23-49(59)51-35-34-44(39-62(51)71)72-43-18-14-17-42(38-43)68-54-26-8-7-24-50(54)52-25-16-36-66-65(52)68)67-40-53(41)64-60(69-55-27-9-2-19-45(55)46-20-3-10-28-56(46)69)32-15-33-61(64)70-57-29-11-4-21-47(57)48-22-5-12-30-58(48)70;/h2-37,40H,1H3;/q-2;+2/i1D3;. The van der Waals surface area contributed by atoms with Crippen molar-refractivity contribution in [1.29, 1.82) is 0 Å². The maximum atomic E-state index is 9.39. The van der Waals surface area contributed by atoms with Crippen molar-refractivity contribution in [2.45, 2.75) is 6.85 Å². The Labute approximate surface area is 437 Å². The van der Waals surface area contributed by atoms with Crippen LogP contribution in [0.25, 0.3) is 121 Å². The third kappa shape index (κ3) is 6.49. The summed E-state index contributed by atoms with van der Waals surface area (Å²) < 4.78 is 43.4. The van der Waals surface area contributed by atoms with Gasteiger partial charge in [-0.15, -0.1) is 35.7 Å². The van der Waals surface area contributed by atoms with Gasteiger partial charge in [0.1, 0.15) is 11.5 Å². The van der Waals surface area contributed by atoms with Crippen molar-refractivity contribution in [1.82, 2.24) is 28.2 Å². The van der Waals surface area contributed by atoms with E-state index in [9.17, 15) is 4.11 Å². The number of benzene rings is 9. The second-order valence-electron chi connectivity index (χ2n) is 18.2. The van der Waals surface area contributed by atoms with Gasteiger partial charge in [0.2, 0.25) is 0 Å². The number of rotatable bonds is 7. The normalized spacial score (nSPS) is 12.6. The van der Waals surface area contributed by atoms with E-state index in [4.69, 9.17) is 14.7 Å². The van der Waals surface area contributed by atoms with Crippen LogP contribution in [0.1, 0.15) is 9.68 Å². The Kier molecular flexibility index (Phi) is 9.13. The zero-order valence-electron chi connectivity index (χ0n) is 41.8. The van der Waals surface area contributed by atoms with Crippen molar-refractivity contribution in [3.63, 3.8) is 0 Å². The first kappa shape index (κ1) is 39.7. The maximum absolute atomic E-state index is 9.39. The van der Waals surface area contributed by atoms with E-state index in [-0.39, 0.29) is 26.6 Å². The SMILES string of the molecule is [2H]C([2H])([2H])c1cc(-n2c3[c-]c(Oc4[c-]c(-n5c6ccccc6c6cccnc65)ccc4)ccc3c3ccccc32)ncc1-c1c(-n2c3ccccc3c3ccccc32)cccc1-n1c2ccccc2c2ccccc21.[Pt+2]. The quantitative estimate of drug-likeness (QED) is 0.149. The van der Waals surface area contributed by atoms with Crippen LogP contribution in [-0.4, -0.2) is 28.2 Å². The van der Waals surface area contributed by atoms with Gasteiger partial charge in [0, 0.05) is 77.0 Å². The van der Waals surface area contributed by atoms with Crippen molar-refractivity contribution < 1.29 is 29.9 Å². The molecule has 0 unspecified atom stereocenters. The number of aromatic nitrogens is 6. The predicted molar refractivity (Wildman–Crippen MR) is 294 cm³/mol. The van der Waals surface area contributed by atoms with E-state index < -0.39 is 6.85 Å². The molecule has 6 aromatic heterocycles. The number of nitrogens with zero attached hydrogens (tertiary/aromatic N) is 6. The summed E-state index contributed by atoms with van der Waals surface area (Å²) in [6.45, 7) is -2.58. The van der Waals surface area contributed by atoms with Crippen molar-refractivity contribution in [3.05, 3.63) is 242 Å². The molecule has 0 spiro atoms. The Morgan fingerprint density at radius 3 is 1.48 bits per heavy atom. The van der Waals surface area contributed by atoms with Gasteiger partial charge in [-0.2, -0.15) is 12.1 Å². The molecular weight excluding hydrogens is 1080 g/mol. The first-order valence-corrected chi connectivity index (χ1v) is 24.0. The molecule has 73 heavy (non-hydrogen) atoms. The van der Waals surface area contributed by atoms with Gasteiger partial charge in [-0.1, -0.05) is 126 Å². The number of hydrogen-bond donors (Lipinski definition) is 0. The average molecular weight is 1120 g/mol. The molecular formula is C65H40N6OPt. The smallest absolute Gasteiger partial charge is 0.509 e. The molecule has 6 heterocycles. The summed E-state index contributed by atoms with van der Waals surface area (Å²) in [6.07, 6.45) is 3.56. The summed E-state index contributed by atoms with van der Waals surface area (Å²) in [4.78, 5) is 10.1. The van der Waals surface area contributed by atoms with Gasteiger partial charge in [-0.3, -0.25) is 0 Å². The van der Waals surface area contributed by atoms with E-state index in [1.54, 1.807) is 18.5 Å². The van der Waals surface area contributed by atoms with Gasteiger partial charge < -0.3 is 23.0 Å². The van der Waals surface area contributed by atoms with E-state index >= 15 is 0 Å². The predicted octanol–water partition coefficient (Wildman–Crippen LogP) is 16.2. The van der Waals surface area contributed by atoms with Crippen LogP contribution in [0.15, 0.2) is 225 Å². The molecule has 346 valence electrons. The van der Waals surface area contributed by atoms with Crippen LogP contribution in [0.2, 0.25) is 0 Å². The largest absolute Gasteiger partial charge is 2.00 e. The first-order valence-electron chi connectivity index (χ1n) is 25.5. The Morgan fingerprint density at radius 1 is 0.425 bits per heavy atom. The van der Waals surface area contributed by atoms with Crippen LogP contribution < -0.4 is 4.74 Å². The molecule has 0 radical (unpaired) electrons. The van der Waals surface area contributed by atoms with Crippen LogP contribution >= 0.6 is 0 Å². The van der Waals surface area contributed by atoms with Crippen molar-refractivity contribution in [2.75, 3.05) is 0 Å². The minimum absolute atomic E-state index is 0. The van der Waals surface area contributed by atoms with Gasteiger partial charge in [0.15, 0.2) is 0 Å². The van der Waals surface area contributed by atoms with E-state index in [1.165, 1.54) is 0 Å². The topological polar surface area (TPSA) is 54.7 Å². The second-order valence-corrected chi connectivity index (χ2v) is 18.2. The third-order valence-corrected chi connectivity index (χ3v) is 14.3. The van der Waals surface area contributed by atoms with Gasteiger partial charge in [0.05, 0.1) is 39.0 Å². The Balaban J connectivity index is 0.00000528. The van der Waals surface area contributed by atoms with E-state index in [2.05, 4.69) is 165 Å².